The van der Waals surface area contributed by atoms with Crippen LogP contribution < -0.4 is 5.46 Å². The van der Waals surface area contributed by atoms with Crippen molar-refractivity contribution in [3.63, 3.8) is 0 Å². The van der Waals surface area contributed by atoms with E-state index in [1.165, 1.54) is 44.5 Å². The van der Waals surface area contributed by atoms with Gasteiger partial charge in [0.15, 0.2) is 0 Å². The Bertz CT molecular complexity index is 2020. The topological polar surface area (TPSA) is 18.5 Å². The minimum absolute atomic E-state index is 0.463. The van der Waals surface area contributed by atoms with E-state index in [2.05, 4.69) is 204 Å². The van der Waals surface area contributed by atoms with Crippen LogP contribution in [0.15, 0.2) is 176 Å². The summed E-state index contributed by atoms with van der Waals surface area (Å²) in [5.41, 5.74) is 14.0. The van der Waals surface area contributed by atoms with E-state index in [1.54, 1.807) is 0 Å². The first kappa shape index (κ1) is 32.7. The van der Waals surface area contributed by atoms with E-state index in [1.807, 2.05) is 0 Å². The Morgan fingerprint density at radius 1 is 0.294 bits per heavy atom. The molecule has 1 fully saturated rings. The minimum Gasteiger partial charge on any atom is -0.399 e. The molecule has 0 amide bonds. The van der Waals surface area contributed by atoms with E-state index in [0.717, 1.165) is 27.7 Å². The average Bonchev–Trinajstić information content (AvgIpc) is 3.41. The van der Waals surface area contributed by atoms with Crippen LogP contribution in [0.2, 0.25) is 0 Å². The van der Waals surface area contributed by atoms with Crippen LogP contribution in [0.1, 0.15) is 27.7 Å². The molecule has 0 atom stereocenters. The number of hydrogen-bond donors (Lipinski definition) is 0. The number of rotatable bonds is 7. The molecule has 0 saturated carbocycles. The molecule has 2 nitrogen and oxygen atoms in total. The Balaban J connectivity index is 1.35. The highest BCUT2D eigenvalue weighted by Crippen LogP contribution is 2.40. The molecule has 1 aliphatic rings. The molecule has 3 heteroatoms. The maximum Gasteiger partial charge on any atom is 0.494 e. The van der Waals surface area contributed by atoms with Gasteiger partial charge in [-0.25, -0.2) is 0 Å². The van der Waals surface area contributed by atoms with Gasteiger partial charge in [-0.05, 0) is 142 Å². The van der Waals surface area contributed by atoms with Gasteiger partial charge in [-0.2, -0.15) is 0 Å². The van der Waals surface area contributed by atoms with Crippen LogP contribution in [0.4, 0.5) is 0 Å². The van der Waals surface area contributed by atoms with E-state index >= 15 is 0 Å². The summed E-state index contributed by atoms with van der Waals surface area (Å²) in [5.74, 6) is 0. The van der Waals surface area contributed by atoms with Gasteiger partial charge in [0.1, 0.15) is 0 Å². The zero-order chi connectivity index (χ0) is 35.0. The molecule has 0 radical (unpaired) electrons. The molecule has 51 heavy (non-hydrogen) atoms. The summed E-state index contributed by atoms with van der Waals surface area (Å²) in [6.45, 7) is 8.46. The predicted molar refractivity (Wildman–Crippen MR) is 215 cm³/mol. The van der Waals surface area contributed by atoms with Crippen molar-refractivity contribution in [2.24, 2.45) is 0 Å². The molecular formula is C48H41BO2. The van der Waals surface area contributed by atoms with E-state index < -0.39 is 18.3 Å². The summed E-state index contributed by atoms with van der Waals surface area (Å²) in [7, 11) is -0.509. The second-order valence-electron chi connectivity index (χ2n) is 14.5. The van der Waals surface area contributed by atoms with Crippen LogP contribution in [-0.4, -0.2) is 18.3 Å². The van der Waals surface area contributed by atoms with Gasteiger partial charge in [0.25, 0.3) is 0 Å². The fraction of sp³-hybridized carbons (Fsp3) is 0.125. The first-order valence-electron chi connectivity index (χ1n) is 17.8. The molecule has 0 spiro atoms. The van der Waals surface area contributed by atoms with Crippen molar-refractivity contribution >= 4 is 12.6 Å². The summed E-state index contributed by atoms with van der Waals surface area (Å²) in [4.78, 5) is 0. The van der Waals surface area contributed by atoms with Crippen molar-refractivity contribution in [2.45, 2.75) is 38.9 Å². The molecule has 1 saturated heterocycles. The number of hydrogen-bond acceptors (Lipinski definition) is 2. The Labute approximate surface area is 302 Å². The summed E-state index contributed by atoms with van der Waals surface area (Å²) in [6, 6.07) is 63.2. The van der Waals surface area contributed by atoms with Gasteiger partial charge in [0.2, 0.25) is 0 Å². The molecule has 0 aromatic heterocycles. The van der Waals surface area contributed by atoms with E-state index in [0.29, 0.717) is 0 Å². The maximum atomic E-state index is 6.68. The summed E-state index contributed by atoms with van der Waals surface area (Å²) in [6.07, 6.45) is 0. The third-order valence-corrected chi connectivity index (χ3v) is 10.4. The van der Waals surface area contributed by atoms with Gasteiger partial charge in [0, 0.05) is 0 Å². The Hall–Kier alpha value is -5.48. The fourth-order valence-electron chi connectivity index (χ4n) is 6.88. The van der Waals surface area contributed by atoms with Crippen LogP contribution >= 0.6 is 0 Å². The first-order valence-corrected chi connectivity index (χ1v) is 17.8. The van der Waals surface area contributed by atoms with Crippen LogP contribution in [0, 0.1) is 0 Å². The highest BCUT2D eigenvalue weighted by molar-refractivity contribution is 6.62. The first-order chi connectivity index (χ1) is 24.7. The molecule has 7 aromatic carbocycles. The van der Waals surface area contributed by atoms with Crippen LogP contribution in [-0.2, 0) is 9.31 Å². The molecule has 1 heterocycles. The lowest BCUT2D eigenvalue weighted by Crippen LogP contribution is -2.41. The van der Waals surface area contributed by atoms with Gasteiger partial charge in [-0.15, -0.1) is 0 Å². The molecule has 0 bridgehead atoms. The highest BCUT2D eigenvalue weighted by Gasteiger charge is 2.51. The van der Waals surface area contributed by atoms with Gasteiger partial charge < -0.3 is 9.31 Å². The van der Waals surface area contributed by atoms with Gasteiger partial charge in [-0.3, -0.25) is 0 Å². The fourth-order valence-corrected chi connectivity index (χ4v) is 6.88. The van der Waals surface area contributed by atoms with Crippen molar-refractivity contribution in [1.82, 2.24) is 0 Å². The van der Waals surface area contributed by atoms with E-state index in [9.17, 15) is 0 Å². The van der Waals surface area contributed by atoms with Crippen molar-refractivity contribution in [3.8, 4) is 66.8 Å². The Morgan fingerprint density at radius 2 is 0.510 bits per heavy atom. The van der Waals surface area contributed by atoms with Crippen molar-refractivity contribution < 1.29 is 9.31 Å². The van der Waals surface area contributed by atoms with Gasteiger partial charge in [-0.1, -0.05) is 133 Å². The van der Waals surface area contributed by atoms with E-state index in [4.69, 9.17) is 9.31 Å². The maximum absolute atomic E-state index is 6.68. The lowest BCUT2D eigenvalue weighted by atomic mass is 9.76. The van der Waals surface area contributed by atoms with Crippen LogP contribution in [0.25, 0.3) is 66.8 Å². The third-order valence-electron chi connectivity index (χ3n) is 10.4. The van der Waals surface area contributed by atoms with E-state index in [-0.39, 0.29) is 0 Å². The Morgan fingerprint density at radius 3 is 0.765 bits per heavy atom. The van der Waals surface area contributed by atoms with Gasteiger partial charge in [0.05, 0.1) is 11.2 Å². The SMILES string of the molecule is CC1(C)OB(c2cc(-c3cc(-c4ccccc4)cc(-c4ccccc4)c3)cc(-c3cc(-c4ccccc4)cc(-c4ccccc4)c3)c2)OC1(C)C. The van der Waals surface area contributed by atoms with Crippen molar-refractivity contribution in [2.75, 3.05) is 0 Å². The molecule has 248 valence electrons. The summed E-state index contributed by atoms with van der Waals surface area (Å²) < 4.78 is 13.4. The lowest BCUT2D eigenvalue weighted by Gasteiger charge is -2.32. The van der Waals surface area contributed by atoms with Crippen molar-refractivity contribution in [1.29, 1.82) is 0 Å². The average molecular weight is 661 g/mol. The predicted octanol–water partition coefficient (Wildman–Crippen LogP) is 12.0. The molecular weight excluding hydrogens is 619 g/mol. The third kappa shape index (κ3) is 6.71. The quantitative estimate of drug-likeness (QED) is 0.158. The standard InChI is InChI=1S/C48H41BO2/c1-47(2)48(3,4)51-49(50-47)46-32-44(42-27-38(34-17-9-5-10-18-34)25-39(28-42)35-19-11-6-12-20-35)31-45(33-46)43-29-40(36-21-13-7-14-22-36)26-41(30-43)37-23-15-8-16-24-37/h5-33H,1-4H3. The Kier molecular flexibility index (Phi) is 8.56. The summed E-state index contributed by atoms with van der Waals surface area (Å²) >= 11 is 0. The molecule has 8 rings (SSSR count). The second kappa shape index (κ2) is 13.3. The monoisotopic (exact) mass is 660 g/mol. The van der Waals surface area contributed by atoms with Gasteiger partial charge >= 0.3 is 7.12 Å². The molecule has 0 N–H and O–H groups in total. The molecule has 7 aromatic rings. The van der Waals surface area contributed by atoms with Crippen molar-refractivity contribution in [3.05, 3.63) is 176 Å². The molecule has 1 aliphatic heterocycles. The number of benzene rings is 7. The van der Waals surface area contributed by atoms with Crippen LogP contribution in [0.5, 0.6) is 0 Å². The normalized spacial score (nSPS) is 14.8. The second-order valence-corrected chi connectivity index (χ2v) is 14.5. The minimum atomic E-state index is -0.509. The molecule has 0 unspecified atom stereocenters. The smallest absolute Gasteiger partial charge is 0.399 e. The lowest BCUT2D eigenvalue weighted by molar-refractivity contribution is 0.00578. The highest BCUT2D eigenvalue weighted by atomic mass is 16.7. The zero-order valence-electron chi connectivity index (χ0n) is 29.6. The van der Waals surface area contributed by atoms with Crippen LogP contribution in [0.3, 0.4) is 0 Å². The zero-order valence-corrected chi connectivity index (χ0v) is 29.6. The molecule has 0 aliphatic carbocycles. The summed E-state index contributed by atoms with van der Waals surface area (Å²) in [5, 5.41) is 0. The largest absolute Gasteiger partial charge is 0.494 e.